The molecular formula is C12H16ClN3O3S. The largest absolute Gasteiger partial charge is 0.339 e. The molecule has 0 bridgehead atoms. The van der Waals surface area contributed by atoms with Crippen molar-refractivity contribution in [3.63, 3.8) is 0 Å². The Balaban J connectivity index is 0.00000200. The molecule has 8 heteroatoms. The molecule has 2 rings (SSSR count). The fraction of sp³-hybridized carbons (Fsp3) is 0.417. The molecule has 1 aliphatic heterocycles. The number of halogens is 1. The number of nitro groups is 1. The van der Waals surface area contributed by atoms with Gasteiger partial charge in [0.2, 0.25) is 5.91 Å². The lowest BCUT2D eigenvalue weighted by atomic mass is 10.3. The van der Waals surface area contributed by atoms with Gasteiger partial charge in [0.1, 0.15) is 0 Å². The molecule has 0 saturated carbocycles. The van der Waals surface area contributed by atoms with Crippen molar-refractivity contribution in [1.82, 2.24) is 10.2 Å². The molecule has 1 fully saturated rings. The van der Waals surface area contributed by atoms with E-state index in [1.165, 1.54) is 23.9 Å². The van der Waals surface area contributed by atoms with Crippen LogP contribution in [0, 0.1) is 10.1 Å². The molecule has 0 atom stereocenters. The van der Waals surface area contributed by atoms with Crippen LogP contribution < -0.4 is 5.32 Å². The van der Waals surface area contributed by atoms with E-state index in [0.717, 1.165) is 31.1 Å². The second kappa shape index (κ2) is 8.08. The van der Waals surface area contributed by atoms with Crippen molar-refractivity contribution >= 4 is 35.8 Å². The zero-order valence-electron chi connectivity index (χ0n) is 10.8. The van der Waals surface area contributed by atoms with Crippen LogP contribution in [-0.4, -0.2) is 47.7 Å². The number of rotatable bonds is 4. The Bertz CT molecular complexity index is 464. The van der Waals surface area contributed by atoms with Gasteiger partial charge in [0.25, 0.3) is 5.69 Å². The maximum atomic E-state index is 11.9. The number of piperazine rings is 1. The van der Waals surface area contributed by atoms with E-state index >= 15 is 0 Å². The maximum absolute atomic E-state index is 11.9. The Kier molecular flexibility index (Phi) is 6.77. The fourth-order valence-corrected chi connectivity index (χ4v) is 2.62. The minimum Gasteiger partial charge on any atom is -0.339 e. The number of carbonyl (C=O) groups is 1. The van der Waals surface area contributed by atoms with Crippen molar-refractivity contribution in [2.75, 3.05) is 31.9 Å². The van der Waals surface area contributed by atoms with Crippen LogP contribution >= 0.6 is 24.2 Å². The number of non-ortho nitro benzene ring substituents is 1. The molecule has 1 N–H and O–H groups in total. The molecule has 1 aromatic rings. The van der Waals surface area contributed by atoms with Crippen LogP contribution in [0.1, 0.15) is 0 Å². The van der Waals surface area contributed by atoms with Gasteiger partial charge in [-0.15, -0.1) is 24.2 Å². The van der Waals surface area contributed by atoms with Crippen molar-refractivity contribution < 1.29 is 9.72 Å². The van der Waals surface area contributed by atoms with Gasteiger partial charge in [0.15, 0.2) is 0 Å². The van der Waals surface area contributed by atoms with E-state index in [0.29, 0.717) is 5.75 Å². The fourth-order valence-electron chi connectivity index (χ4n) is 1.81. The average molecular weight is 318 g/mol. The molecule has 0 radical (unpaired) electrons. The second-order valence-electron chi connectivity index (χ2n) is 4.17. The molecule has 6 nitrogen and oxygen atoms in total. The van der Waals surface area contributed by atoms with Gasteiger partial charge in [-0.3, -0.25) is 14.9 Å². The van der Waals surface area contributed by atoms with Crippen molar-refractivity contribution in [2.24, 2.45) is 0 Å². The second-order valence-corrected chi connectivity index (χ2v) is 5.22. The third kappa shape index (κ3) is 4.66. The highest BCUT2D eigenvalue weighted by molar-refractivity contribution is 8.00. The summed E-state index contributed by atoms with van der Waals surface area (Å²) >= 11 is 1.41. The van der Waals surface area contributed by atoms with Gasteiger partial charge in [-0.2, -0.15) is 0 Å². The van der Waals surface area contributed by atoms with Crippen LogP contribution in [-0.2, 0) is 4.79 Å². The smallest absolute Gasteiger partial charge is 0.269 e. The van der Waals surface area contributed by atoms with E-state index < -0.39 is 4.92 Å². The van der Waals surface area contributed by atoms with E-state index in [9.17, 15) is 14.9 Å². The lowest BCUT2D eigenvalue weighted by Gasteiger charge is -2.27. The monoisotopic (exact) mass is 317 g/mol. The normalized spacial score (nSPS) is 14.5. The molecule has 1 aromatic carbocycles. The van der Waals surface area contributed by atoms with E-state index in [-0.39, 0.29) is 24.0 Å². The molecule has 1 heterocycles. The Morgan fingerprint density at radius 2 is 1.90 bits per heavy atom. The van der Waals surface area contributed by atoms with Crippen LogP contribution in [0.3, 0.4) is 0 Å². The third-order valence-electron chi connectivity index (χ3n) is 2.88. The van der Waals surface area contributed by atoms with E-state index in [2.05, 4.69) is 5.32 Å². The van der Waals surface area contributed by atoms with Gasteiger partial charge < -0.3 is 10.2 Å². The summed E-state index contributed by atoms with van der Waals surface area (Å²) in [6.45, 7) is 3.18. The Hall–Kier alpha value is -1.31. The summed E-state index contributed by atoms with van der Waals surface area (Å²) in [7, 11) is 0. The van der Waals surface area contributed by atoms with Crippen LogP contribution in [0.4, 0.5) is 5.69 Å². The number of carbonyl (C=O) groups excluding carboxylic acids is 1. The van der Waals surface area contributed by atoms with Crippen LogP contribution in [0.15, 0.2) is 29.2 Å². The minimum atomic E-state index is -0.430. The van der Waals surface area contributed by atoms with Gasteiger partial charge in [-0.05, 0) is 12.1 Å². The number of nitrogens with one attached hydrogen (secondary N) is 1. The Morgan fingerprint density at radius 1 is 1.30 bits per heavy atom. The zero-order valence-corrected chi connectivity index (χ0v) is 12.4. The average Bonchev–Trinajstić information content (AvgIpc) is 2.46. The third-order valence-corrected chi connectivity index (χ3v) is 3.88. The summed E-state index contributed by atoms with van der Waals surface area (Å²) in [5, 5.41) is 13.7. The summed E-state index contributed by atoms with van der Waals surface area (Å²) in [6.07, 6.45) is 0. The van der Waals surface area contributed by atoms with Crippen molar-refractivity contribution in [2.45, 2.75) is 4.90 Å². The maximum Gasteiger partial charge on any atom is 0.269 e. The first-order valence-corrected chi connectivity index (χ1v) is 7.01. The highest BCUT2D eigenvalue weighted by Gasteiger charge is 2.16. The number of hydrogen-bond acceptors (Lipinski definition) is 5. The number of nitrogens with zero attached hydrogens (tertiary/aromatic N) is 2. The topological polar surface area (TPSA) is 75.5 Å². The van der Waals surface area contributed by atoms with Crippen LogP contribution in [0.2, 0.25) is 0 Å². The highest BCUT2D eigenvalue weighted by Crippen LogP contribution is 2.21. The standard InChI is InChI=1S/C12H15N3O3S.ClH/c16-12(14-7-5-13-6-8-14)9-19-11-3-1-10(2-4-11)15(17)18;/h1-4,13H,5-9H2;1H. The molecule has 0 spiro atoms. The predicted octanol–water partition coefficient (Wildman–Crippen LogP) is 1.54. The first-order valence-electron chi connectivity index (χ1n) is 6.02. The molecule has 20 heavy (non-hydrogen) atoms. The Labute approximate surface area is 127 Å². The predicted molar refractivity (Wildman–Crippen MR) is 80.5 cm³/mol. The number of nitro benzene ring substituents is 1. The first kappa shape index (κ1) is 16.7. The number of thioether (sulfide) groups is 1. The van der Waals surface area contributed by atoms with E-state index in [4.69, 9.17) is 0 Å². The van der Waals surface area contributed by atoms with Crippen LogP contribution in [0.5, 0.6) is 0 Å². The lowest BCUT2D eigenvalue weighted by molar-refractivity contribution is -0.384. The molecule has 0 aromatic heterocycles. The number of benzene rings is 1. The van der Waals surface area contributed by atoms with Crippen molar-refractivity contribution in [3.8, 4) is 0 Å². The minimum absolute atomic E-state index is 0. The molecule has 1 aliphatic rings. The summed E-state index contributed by atoms with van der Waals surface area (Å²) in [6, 6.07) is 6.26. The summed E-state index contributed by atoms with van der Waals surface area (Å²) in [4.78, 5) is 24.7. The summed E-state index contributed by atoms with van der Waals surface area (Å²) in [5.74, 6) is 0.488. The SMILES string of the molecule is Cl.O=C(CSc1ccc([N+](=O)[O-])cc1)N1CCNCC1. The molecule has 0 unspecified atom stereocenters. The van der Waals surface area contributed by atoms with Gasteiger partial charge >= 0.3 is 0 Å². The summed E-state index contributed by atoms with van der Waals surface area (Å²) < 4.78 is 0. The molecule has 0 aliphatic carbocycles. The molecule has 1 amide bonds. The van der Waals surface area contributed by atoms with Crippen molar-refractivity contribution in [1.29, 1.82) is 0 Å². The van der Waals surface area contributed by atoms with E-state index in [1.54, 1.807) is 12.1 Å². The first-order chi connectivity index (χ1) is 9.16. The van der Waals surface area contributed by atoms with Gasteiger partial charge in [-0.25, -0.2) is 0 Å². The summed E-state index contributed by atoms with van der Waals surface area (Å²) in [5.41, 5.74) is 0.0674. The lowest BCUT2D eigenvalue weighted by Crippen LogP contribution is -2.47. The number of amides is 1. The van der Waals surface area contributed by atoms with Gasteiger partial charge in [0, 0.05) is 43.2 Å². The number of hydrogen-bond donors (Lipinski definition) is 1. The van der Waals surface area contributed by atoms with Gasteiger partial charge in [0.05, 0.1) is 10.7 Å². The Morgan fingerprint density at radius 3 is 2.45 bits per heavy atom. The van der Waals surface area contributed by atoms with E-state index in [1.807, 2.05) is 4.90 Å². The molecule has 110 valence electrons. The highest BCUT2D eigenvalue weighted by atomic mass is 35.5. The zero-order chi connectivity index (χ0) is 13.7. The van der Waals surface area contributed by atoms with Crippen LogP contribution in [0.25, 0.3) is 0 Å². The quantitative estimate of drug-likeness (QED) is 0.518. The van der Waals surface area contributed by atoms with Gasteiger partial charge in [-0.1, -0.05) is 0 Å². The van der Waals surface area contributed by atoms with Crippen molar-refractivity contribution in [3.05, 3.63) is 34.4 Å². The molecule has 1 saturated heterocycles. The molecular weight excluding hydrogens is 302 g/mol.